The van der Waals surface area contributed by atoms with Gasteiger partial charge in [0.05, 0.1) is 12.2 Å². The lowest BCUT2D eigenvalue weighted by molar-refractivity contribution is 0.0886. The topological polar surface area (TPSA) is 48.5 Å². The SMILES string of the molecule is CC(C)(C)C1CCC(N2CCN(c3ccc(C(=O)NCC(F)F)nc3F)CC2)C1. The fourth-order valence-electron chi connectivity index (χ4n) is 4.45. The van der Waals surface area contributed by atoms with Crippen molar-refractivity contribution in [2.45, 2.75) is 52.5 Å². The predicted molar refractivity (Wildman–Crippen MR) is 107 cm³/mol. The van der Waals surface area contributed by atoms with Gasteiger partial charge in [-0.15, -0.1) is 0 Å². The lowest BCUT2D eigenvalue weighted by Crippen LogP contribution is -2.50. The van der Waals surface area contributed by atoms with E-state index in [0.717, 1.165) is 19.0 Å². The number of nitrogens with zero attached hydrogens (tertiary/aromatic N) is 3. The molecule has 1 aromatic rings. The molecule has 5 nitrogen and oxygen atoms in total. The van der Waals surface area contributed by atoms with Crippen molar-refractivity contribution in [3.05, 3.63) is 23.8 Å². The number of carbonyl (C=O) groups is 1. The Balaban J connectivity index is 1.55. The number of alkyl halides is 2. The Hall–Kier alpha value is -1.83. The molecule has 2 atom stereocenters. The first-order valence-corrected chi connectivity index (χ1v) is 10.4. The minimum atomic E-state index is -2.65. The summed E-state index contributed by atoms with van der Waals surface area (Å²) in [5.74, 6) is -0.789. The van der Waals surface area contributed by atoms with Crippen molar-refractivity contribution in [1.82, 2.24) is 15.2 Å². The standard InChI is InChI=1S/C21H31F3N4O/c1-21(2,3)14-4-5-15(12-14)27-8-10-28(11-9-27)17-7-6-16(26-19(17)24)20(29)25-13-18(22)23/h6-7,14-15,18H,4-5,8-13H2,1-3H3,(H,25,29). The van der Waals surface area contributed by atoms with E-state index in [1.807, 2.05) is 10.2 Å². The fourth-order valence-corrected chi connectivity index (χ4v) is 4.45. The number of amides is 1. The number of carbonyl (C=O) groups excluding carboxylic acids is 1. The smallest absolute Gasteiger partial charge is 0.270 e. The van der Waals surface area contributed by atoms with Crippen LogP contribution in [0, 0.1) is 17.3 Å². The monoisotopic (exact) mass is 412 g/mol. The van der Waals surface area contributed by atoms with Gasteiger partial charge in [0.1, 0.15) is 5.69 Å². The van der Waals surface area contributed by atoms with Crippen LogP contribution in [0.2, 0.25) is 0 Å². The zero-order valence-electron chi connectivity index (χ0n) is 17.4. The molecule has 1 aliphatic carbocycles. The highest BCUT2D eigenvalue weighted by Gasteiger charge is 2.36. The van der Waals surface area contributed by atoms with Crippen molar-refractivity contribution in [3.63, 3.8) is 0 Å². The summed E-state index contributed by atoms with van der Waals surface area (Å²) >= 11 is 0. The van der Waals surface area contributed by atoms with Crippen LogP contribution >= 0.6 is 0 Å². The molecule has 2 fully saturated rings. The number of halogens is 3. The largest absolute Gasteiger partial charge is 0.365 e. The zero-order valence-corrected chi connectivity index (χ0v) is 17.4. The summed E-state index contributed by atoms with van der Waals surface area (Å²) in [5.41, 5.74) is 0.508. The Morgan fingerprint density at radius 2 is 1.90 bits per heavy atom. The molecule has 162 valence electrons. The number of hydrogen-bond donors (Lipinski definition) is 1. The van der Waals surface area contributed by atoms with E-state index in [1.54, 1.807) is 0 Å². The van der Waals surface area contributed by atoms with Crippen LogP contribution < -0.4 is 10.2 Å². The number of nitrogens with one attached hydrogen (secondary N) is 1. The summed E-state index contributed by atoms with van der Waals surface area (Å²) in [6, 6.07) is 3.50. The van der Waals surface area contributed by atoms with Crippen molar-refractivity contribution < 1.29 is 18.0 Å². The van der Waals surface area contributed by atoms with E-state index in [-0.39, 0.29) is 5.69 Å². The van der Waals surface area contributed by atoms with Crippen molar-refractivity contribution in [2.24, 2.45) is 11.3 Å². The molecule has 1 saturated carbocycles. The van der Waals surface area contributed by atoms with Gasteiger partial charge in [0, 0.05) is 32.2 Å². The summed E-state index contributed by atoms with van der Waals surface area (Å²) in [5, 5.41) is 2.04. The minimum absolute atomic E-state index is 0.190. The molecule has 3 rings (SSSR count). The highest BCUT2D eigenvalue weighted by molar-refractivity contribution is 5.92. The number of rotatable bonds is 5. The fraction of sp³-hybridized carbons (Fsp3) is 0.714. The molecule has 2 aliphatic rings. The van der Waals surface area contributed by atoms with Crippen molar-refractivity contribution in [1.29, 1.82) is 0 Å². The lowest BCUT2D eigenvalue weighted by Gasteiger charge is -2.39. The molecular weight excluding hydrogens is 381 g/mol. The van der Waals surface area contributed by atoms with Crippen LogP contribution in [0.25, 0.3) is 0 Å². The zero-order chi connectivity index (χ0) is 21.2. The molecule has 29 heavy (non-hydrogen) atoms. The number of hydrogen-bond acceptors (Lipinski definition) is 4. The second-order valence-electron chi connectivity index (χ2n) is 9.16. The molecule has 1 aliphatic heterocycles. The molecule has 0 aromatic carbocycles. The molecule has 2 unspecified atom stereocenters. The average Bonchev–Trinajstić information content (AvgIpc) is 3.17. The number of pyridine rings is 1. The highest BCUT2D eigenvalue weighted by atomic mass is 19.3. The molecule has 0 spiro atoms. The third-order valence-corrected chi connectivity index (χ3v) is 6.28. The summed E-state index contributed by atoms with van der Waals surface area (Å²) in [6.07, 6.45) is 1.06. The van der Waals surface area contributed by atoms with E-state index < -0.39 is 24.8 Å². The maximum absolute atomic E-state index is 14.5. The van der Waals surface area contributed by atoms with Crippen LogP contribution in [0.1, 0.15) is 50.5 Å². The number of anilines is 1. The summed E-state index contributed by atoms with van der Waals surface area (Å²) in [6.45, 7) is 9.30. The van der Waals surface area contributed by atoms with Crippen LogP contribution in [0.4, 0.5) is 18.9 Å². The van der Waals surface area contributed by atoms with Crippen molar-refractivity contribution >= 4 is 11.6 Å². The van der Waals surface area contributed by atoms with Gasteiger partial charge in [0.15, 0.2) is 0 Å². The Morgan fingerprint density at radius 1 is 1.21 bits per heavy atom. The molecule has 1 amide bonds. The van der Waals surface area contributed by atoms with Gasteiger partial charge in [-0.05, 0) is 42.7 Å². The molecule has 1 saturated heterocycles. The molecule has 0 bridgehead atoms. The first-order chi connectivity index (χ1) is 13.6. The summed E-state index contributed by atoms with van der Waals surface area (Å²) in [7, 11) is 0. The Bertz CT molecular complexity index is 714. The lowest BCUT2D eigenvalue weighted by atomic mass is 9.79. The second-order valence-corrected chi connectivity index (χ2v) is 9.16. The number of piperazine rings is 1. The summed E-state index contributed by atoms with van der Waals surface area (Å²) < 4.78 is 38.9. The first-order valence-electron chi connectivity index (χ1n) is 10.4. The second kappa shape index (κ2) is 8.90. The molecule has 1 aromatic heterocycles. The first kappa shape index (κ1) is 21.9. The van der Waals surface area contributed by atoms with Crippen molar-refractivity contribution in [3.8, 4) is 0 Å². The van der Waals surface area contributed by atoms with Crippen LogP contribution in [0.15, 0.2) is 12.1 Å². The van der Waals surface area contributed by atoms with Crippen LogP contribution in [-0.2, 0) is 0 Å². The summed E-state index contributed by atoms with van der Waals surface area (Å²) in [4.78, 5) is 19.9. The van der Waals surface area contributed by atoms with Gasteiger partial charge in [-0.2, -0.15) is 4.39 Å². The third-order valence-electron chi connectivity index (χ3n) is 6.28. The van der Waals surface area contributed by atoms with Crippen LogP contribution in [-0.4, -0.2) is 61.0 Å². The minimum Gasteiger partial charge on any atom is -0.365 e. The van der Waals surface area contributed by atoms with Gasteiger partial charge in [-0.3, -0.25) is 9.69 Å². The van der Waals surface area contributed by atoms with Gasteiger partial charge >= 0.3 is 0 Å². The number of aromatic nitrogens is 1. The van der Waals surface area contributed by atoms with E-state index in [1.165, 1.54) is 31.4 Å². The van der Waals surface area contributed by atoms with Gasteiger partial charge in [0.2, 0.25) is 5.95 Å². The van der Waals surface area contributed by atoms with E-state index in [2.05, 4.69) is 30.7 Å². The predicted octanol–water partition coefficient (Wildman–Crippen LogP) is 3.55. The van der Waals surface area contributed by atoms with Crippen LogP contribution in [0.5, 0.6) is 0 Å². The van der Waals surface area contributed by atoms with Gasteiger partial charge in [0.25, 0.3) is 12.3 Å². The Kier molecular flexibility index (Phi) is 6.71. The van der Waals surface area contributed by atoms with Crippen molar-refractivity contribution in [2.75, 3.05) is 37.6 Å². The van der Waals surface area contributed by atoms with Crippen LogP contribution in [0.3, 0.4) is 0 Å². The maximum Gasteiger partial charge on any atom is 0.270 e. The van der Waals surface area contributed by atoms with Gasteiger partial charge < -0.3 is 10.2 Å². The molecular formula is C21H31F3N4O. The van der Waals surface area contributed by atoms with E-state index >= 15 is 0 Å². The Morgan fingerprint density at radius 3 is 2.45 bits per heavy atom. The Labute approximate surface area is 170 Å². The molecule has 1 N–H and O–H groups in total. The average molecular weight is 413 g/mol. The molecule has 2 heterocycles. The quantitative estimate of drug-likeness (QED) is 0.752. The normalized spacial score (nSPS) is 23.6. The molecule has 8 heteroatoms. The molecule has 0 radical (unpaired) electrons. The van der Waals surface area contributed by atoms with E-state index in [9.17, 15) is 18.0 Å². The van der Waals surface area contributed by atoms with Gasteiger partial charge in [-0.25, -0.2) is 13.8 Å². The highest BCUT2D eigenvalue weighted by Crippen LogP contribution is 2.41. The third kappa shape index (κ3) is 5.41. The van der Waals surface area contributed by atoms with E-state index in [0.29, 0.717) is 30.2 Å². The van der Waals surface area contributed by atoms with E-state index in [4.69, 9.17) is 0 Å². The maximum atomic E-state index is 14.5. The van der Waals surface area contributed by atoms with Gasteiger partial charge in [-0.1, -0.05) is 20.8 Å².